The van der Waals surface area contributed by atoms with E-state index in [-0.39, 0.29) is 23.4 Å². The minimum atomic E-state index is -0.941. The number of phenolic OH excluding ortho intramolecular Hbond substituents is 1. The van der Waals surface area contributed by atoms with Gasteiger partial charge in [0.2, 0.25) is 5.75 Å². The number of benzene rings is 2. The van der Waals surface area contributed by atoms with E-state index >= 15 is 0 Å². The molecule has 1 heterocycles. The van der Waals surface area contributed by atoms with E-state index in [4.69, 9.17) is 14.2 Å². The monoisotopic (exact) mass is 576 g/mol. The van der Waals surface area contributed by atoms with Gasteiger partial charge in [0.05, 0.1) is 38.5 Å². The first kappa shape index (κ1) is 28.3. The van der Waals surface area contributed by atoms with Gasteiger partial charge in [-0.25, -0.2) is 0 Å². The molecule has 1 unspecified atom stereocenters. The standard InChI is InChI=1S/C27H33BrN2O7/c1-6-29(7-2)11-8-12-30-23(16-13-20(35-3)26(37-5)21(14-16)36-4)22(25(33)27(30)34)24(32)18-15-17(28)9-10-19(18)31/h9-10,13-15,23,31-32H,6-8,11-12H2,1-5H3/b24-22+. The zero-order valence-electron chi connectivity index (χ0n) is 21.7. The number of halogens is 1. The average molecular weight is 577 g/mol. The molecule has 10 heteroatoms. The molecule has 0 aromatic heterocycles. The van der Waals surface area contributed by atoms with E-state index in [1.807, 2.05) is 0 Å². The molecule has 2 aromatic rings. The Labute approximate surface area is 225 Å². The lowest BCUT2D eigenvalue weighted by molar-refractivity contribution is -0.140. The number of nitrogens with zero attached hydrogens (tertiary/aromatic N) is 2. The molecule has 0 radical (unpaired) electrons. The minimum absolute atomic E-state index is 0.0351. The van der Waals surface area contributed by atoms with Crippen LogP contribution in [0.2, 0.25) is 0 Å². The summed E-state index contributed by atoms with van der Waals surface area (Å²) in [6.07, 6.45) is 0.623. The number of Topliss-reactive ketones (excluding diaryl/α,β-unsaturated/α-hetero) is 1. The third-order valence-electron chi connectivity index (χ3n) is 6.52. The van der Waals surface area contributed by atoms with Crippen molar-refractivity contribution in [3.63, 3.8) is 0 Å². The number of likely N-dealkylation sites (tertiary alicyclic amines) is 1. The zero-order valence-corrected chi connectivity index (χ0v) is 23.3. The van der Waals surface area contributed by atoms with Crippen molar-refractivity contribution in [2.75, 3.05) is 47.5 Å². The molecular weight excluding hydrogens is 544 g/mol. The number of aromatic hydroxyl groups is 1. The summed E-state index contributed by atoms with van der Waals surface area (Å²) < 4.78 is 17.0. The van der Waals surface area contributed by atoms with Gasteiger partial charge >= 0.3 is 0 Å². The van der Waals surface area contributed by atoms with Crippen LogP contribution in [0.3, 0.4) is 0 Å². The topological polar surface area (TPSA) is 109 Å². The highest BCUT2D eigenvalue weighted by Crippen LogP contribution is 2.46. The molecule has 1 aliphatic heterocycles. The molecule has 9 nitrogen and oxygen atoms in total. The van der Waals surface area contributed by atoms with Crippen LogP contribution in [-0.4, -0.2) is 79.2 Å². The second kappa shape index (κ2) is 12.3. The van der Waals surface area contributed by atoms with Gasteiger partial charge in [-0.2, -0.15) is 0 Å². The summed E-state index contributed by atoms with van der Waals surface area (Å²) in [5.41, 5.74) is 0.399. The van der Waals surface area contributed by atoms with Crippen molar-refractivity contribution in [3.05, 3.63) is 51.5 Å². The maximum absolute atomic E-state index is 13.4. The van der Waals surface area contributed by atoms with Gasteiger partial charge in [0, 0.05) is 11.0 Å². The number of ether oxygens (including phenoxy) is 3. The van der Waals surface area contributed by atoms with Gasteiger partial charge in [0.25, 0.3) is 11.7 Å². The Bertz CT molecular complexity index is 1170. The van der Waals surface area contributed by atoms with E-state index in [1.165, 1.54) is 38.4 Å². The van der Waals surface area contributed by atoms with Gasteiger partial charge < -0.3 is 34.2 Å². The predicted octanol–water partition coefficient (Wildman–Crippen LogP) is 4.33. The highest BCUT2D eigenvalue weighted by atomic mass is 79.9. The quantitative estimate of drug-likeness (QED) is 0.231. The molecule has 1 fully saturated rings. The number of hydrogen-bond donors (Lipinski definition) is 2. The van der Waals surface area contributed by atoms with E-state index in [2.05, 4.69) is 34.7 Å². The first-order valence-electron chi connectivity index (χ1n) is 12.0. The lowest BCUT2D eigenvalue weighted by atomic mass is 9.94. The van der Waals surface area contributed by atoms with E-state index in [1.54, 1.807) is 18.2 Å². The van der Waals surface area contributed by atoms with Crippen molar-refractivity contribution in [1.29, 1.82) is 0 Å². The molecule has 1 saturated heterocycles. The van der Waals surface area contributed by atoms with Gasteiger partial charge in [-0.15, -0.1) is 0 Å². The van der Waals surface area contributed by atoms with E-state index in [0.29, 0.717) is 33.7 Å². The summed E-state index contributed by atoms with van der Waals surface area (Å²) >= 11 is 3.33. The fourth-order valence-electron chi connectivity index (χ4n) is 4.56. The van der Waals surface area contributed by atoms with Crippen LogP contribution in [0.1, 0.15) is 37.4 Å². The number of hydrogen-bond acceptors (Lipinski definition) is 8. The summed E-state index contributed by atoms with van der Waals surface area (Å²) in [5, 5.41) is 21.8. The summed E-state index contributed by atoms with van der Waals surface area (Å²) in [4.78, 5) is 30.3. The number of aliphatic hydroxyl groups excluding tert-OH is 1. The highest BCUT2D eigenvalue weighted by molar-refractivity contribution is 9.10. The Morgan fingerprint density at radius 3 is 2.19 bits per heavy atom. The zero-order chi connectivity index (χ0) is 27.3. The molecule has 0 saturated carbocycles. The smallest absolute Gasteiger partial charge is 0.295 e. The third kappa shape index (κ3) is 5.70. The first-order valence-corrected chi connectivity index (χ1v) is 12.8. The molecule has 2 aromatic carbocycles. The largest absolute Gasteiger partial charge is 0.507 e. The van der Waals surface area contributed by atoms with Crippen LogP contribution in [0.4, 0.5) is 0 Å². The van der Waals surface area contributed by atoms with Crippen molar-refractivity contribution in [2.45, 2.75) is 26.3 Å². The molecule has 2 N–H and O–H groups in total. The van der Waals surface area contributed by atoms with Crippen LogP contribution in [0.25, 0.3) is 5.76 Å². The number of carbonyl (C=O) groups is 2. The first-order chi connectivity index (χ1) is 17.7. The lowest BCUT2D eigenvalue weighted by Gasteiger charge is -2.27. The predicted molar refractivity (Wildman–Crippen MR) is 143 cm³/mol. The Morgan fingerprint density at radius 1 is 1.03 bits per heavy atom. The third-order valence-corrected chi connectivity index (χ3v) is 7.02. The van der Waals surface area contributed by atoms with Crippen LogP contribution >= 0.6 is 15.9 Å². The molecule has 37 heavy (non-hydrogen) atoms. The SMILES string of the molecule is CCN(CC)CCCN1C(=O)C(=O)/C(=C(/O)c2cc(Br)ccc2O)C1c1cc(OC)c(OC)c(OC)c1. The number of aliphatic hydroxyl groups is 1. The molecular formula is C27H33BrN2O7. The number of methoxy groups -OCH3 is 3. The van der Waals surface area contributed by atoms with Crippen molar-refractivity contribution in [2.24, 2.45) is 0 Å². The van der Waals surface area contributed by atoms with E-state index in [9.17, 15) is 19.8 Å². The maximum atomic E-state index is 13.4. The lowest BCUT2D eigenvalue weighted by Crippen LogP contribution is -2.33. The van der Waals surface area contributed by atoms with Crippen molar-refractivity contribution in [1.82, 2.24) is 9.80 Å². The molecule has 1 atom stereocenters. The summed E-state index contributed by atoms with van der Waals surface area (Å²) in [6.45, 7) is 6.89. The molecule has 0 aliphatic carbocycles. The van der Waals surface area contributed by atoms with Gasteiger partial charge in [-0.05, 0) is 62.0 Å². The molecule has 0 bridgehead atoms. The number of phenols is 1. The fraction of sp³-hybridized carbons (Fsp3) is 0.407. The minimum Gasteiger partial charge on any atom is -0.507 e. The van der Waals surface area contributed by atoms with Crippen LogP contribution in [0.15, 0.2) is 40.4 Å². The average Bonchev–Trinajstić information content (AvgIpc) is 3.16. The van der Waals surface area contributed by atoms with Crippen LogP contribution in [0.5, 0.6) is 23.0 Å². The Kier molecular flexibility index (Phi) is 9.45. The van der Waals surface area contributed by atoms with Crippen LogP contribution < -0.4 is 14.2 Å². The number of rotatable bonds is 11. The van der Waals surface area contributed by atoms with Crippen molar-refractivity contribution < 1.29 is 34.0 Å². The highest BCUT2D eigenvalue weighted by Gasteiger charge is 2.46. The Balaban J connectivity index is 2.21. The van der Waals surface area contributed by atoms with Gasteiger partial charge in [-0.1, -0.05) is 29.8 Å². The Morgan fingerprint density at radius 2 is 1.65 bits per heavy atom. The number of ketones is 1. The summed E-state index contributed by atoms with van der Waals surface area (Å²) in [7, 11) is 4.43. The number of carbonyl (C=O) groups excluding carboxylic acids is 2. The van der Waals surface area contributed by atoms with Crippen LogP contribution in [0, 0.1) is 0 Å². The fourth-order valence-corrected chi connectivity index (χ4v) is 4.93. The summed E-state index contributed by atoms with van der Waals surface area (Å²) in [5.74, 6) is -1.21. The van der Waals surface area contributed by atoms with Crippen LogP contribution in [-0.2, 0) is 9.59 Å². The molecule has 3 rings (SSSR count). The molecule has 200 valence electrons. The van der Waals surface area contributed by atoms with E-state index < -0.39 is 23.5 Å². The van der Waals surface area contributed by atoms with Crippen molar-refractivity contribution >= 4 is 33.4 Å². The van der Waals surface area contributed by atoms with Gasteiger partial charge in [0.15, 0.2) is 11.5 Å². The second-order valence-electron chi connectivity index (χ2n) is 8.49. The molecule has 1 amide bonds. The Hall–Kier alpha value is -3.24. The van der Waals surface area contributed by atoms with Crippen molar-refractivity contribution in [3.8, 4) is 23.0 Å². The maximum Gasteiger partial charge on any atom is 0.295 e. The normalized spacial score (nSPS) is 16.9. The van der Waals surface area contributed by atoms with Gasteiger partial charge in [-0.3, -0.25) is 9.59 Å². The molecule has 0 spiro atoms. The summed E-state index contributed by atoms with van der Waals surface area (Å²) in [6, 6.07) is 6.86. The van der Waals surface area contributed by atoms with Gasteiger partial charge in [0.1, 0.15) is 11.5 Å². The molecule has 1 aliphatic rings. The van der Waals surface area contributed by atoms with E-state index in [0.717, 1.165) is 19.6 Å². The number of amides is 1. The second-order valence-corrected chi connectivity index (χ2v) is 9.41.